The Hall–Kier alpha value is -1.88. The van der Waals surface area contributed by atoms with Crippen molar-refractivity contribution in [3.05, 3.63) is 36.3 Å². The van der Waals surface area contributed by atoms with Gasteiger partial charge in [0.1, 0.15) is 5.65 Å². The first kappa shape index (κ1) is 13.1. The summed E-state index contributed by atoms with van der Waals surface area (Å²) in [5, 5.41) is 3.36. The summed E-state index contributed by atoms with van der Waals surface area (Å²) in [7, 11) is 0. The molecule has 1 aliphatic rings. The molecular weight excluding hydrogens is 252 g/mol. The molecule has 1 amide bonds. The molecule has 1 aliphatic heterocycles. The molecule has 1 fully saturated rings. The van der Waals surface area contributed by atoms with E-state index in [9.17, 15) is 4.79 Å². The molecule has 0 spiro atoms. The summed E-state index contributed by atoms with van der Waals surface area (Å²) in [5.74, 6) is 0.0919. The van der Waals surface area contributed by atoms with Crippen LogP contribution in [0.25, 0.3) is 5.65 Å². The molecule has 1 saturated heterocycles. The van der Waals surface area contributed by atoms with Gasteiger partial charge in [0.15, 0.2) is 0 Å². The number of nitrogens with one attached hydrogen (secondary N) is 1. The summed E-state index contributed by atoms with van der Waals surface area (Å²) in [6.45, 7) is 6.81. The van der Waals surface area contributed by atoms with E-state index in [1.165, 1.54) is 0 Å². The molecule has 0 aliphatic carbocycles. The Bertz CT molecular complexity index is 632. The highest BCUT2D eigenvalue weighted by molar-refractivity contribution is 5.94. The Balaban J connectivity index is 1.93. The van der Waals surface area contributed by atoms with E-state index >= 15 is 0 Å². The van der Waals surface area contributed by atoms with Gasteiger partial charge in [-0.25, -0.2) is 4.98 Å². The quantitative estimate of drug-likeness (QED) is 0.857. The predicted octanol–water partition coefficient (Wildman–Crippen LogP) is 1.55. The Morgan fingerprint density at radius 3 is 3.05 bits per heavy atom. The van der Waals surface area contributed by atoms with Crippen LogP contribution in [0.15, 0.2) is 30.7 Å². The lowest BCUT2D eigenvalue weighted by Crippen LogP contribution is -2.48. The average Bonchev–Trinajstić information content (AvgIpc) is 2.81. The summed E-state index contributed by atoms with van der Waals surface area (Å²) in [4.78, 5) is 19.0. The summed E-state index contributed by atoms with van der Waals surface area (Å²) in [6, 6.07) is 3.75. The molecule has 1 N–H and O–H groups in total. The fraction of sp³-hybridized carbons (Fsp3) is 0.467. The minimum atomic E-state index is -0.121. The molecule has 0 saturated carbocycles. The molecule has 0 atom stereocenters. The first-order valence-corrected chi connectivity index (χ1v) is 7.03. The van der Waals surface area contributed by atoms with Gasteiger partial charge in [-0.3, -0.25) is 4.79 Å². The normalized spacial score (nSPS) is 19.0. The van der Waals surface area contributed by atoms with Crippen LogP contribution in [-0.4, -0.2) is 45.4 Å². The number of carbonyl (C=O) groups excluding carboxylic acids is 1. The zero-order valence-electron chi connectivity index (χ0n) is 12.0. The van der Waals surface area contributed by atoms with Gasteiger partial charge in [-0.1, -0.05) is 0 Å². The second-order valence-electron chi connectivity index (χ2n) is 5.88. The van der Waals surface area contributed by atoms with E-state index in [2.05, 4.69) is 24.1 Å². The van der Waals surface area contributed by atoms with Crippen LogP contribution in [0.1, 0.15) is 30.6 Å². The van der Waals surface area contributed by atoms with Gasteiger partial charge < -0.3 is 14.6 Å². The Morgan fingerprint density at radius 1 is 1.35 bits per heavy atom. The first-order valence-electron chi connectivity index (χ1n) is 7.03. The SMILES string of the molecule is CC1(C)CCNCCN1C(=O)c1ccc2nccn2c1. The van der Waals surface area contributed by atoms with Gasteiger partial charge in [-0.2, -0.15) is 0 Å². The number of hydrogen-bond donors (Lipinski definition) is 1. The van der Waals surface area contributed by atoms with E-state index in [0.29, 0.717) is 5.56 Å². The Labute approximate surface area is 118 Å². The third kappa shape index (κ3) is 2.29. The van der Waals surface area contributed by atoms with Gasteiger partial charge >= 0.3 is 0 Å². The van der Waals surface area contributed by atoms with Gasteiger partial charge in [-0.15, -0.1) is 0 Å². The third-order valence-electron chi connectivity index (χ3n) is 4.04. The number of hydrogen-bond acceptors (Lipinski definition) is 3. The van der Waals surface area contributed by atoms with Crippen molar-refractivity contribution >= 4 is 11.6 Å². The fourth-order valence-corrected chi connectivity index (χ4v) is 2.73. The zero-order chi connectivity index (χ0) is 14.2. The van der Waals surface area contributed by atoms with E-state index in [-0.39, 0.29) is 11.4 Å². The molecule has 3 heterocycles. The van der Waals surface area contributed by atoms with Crippen LogP contribution in [0.3, 0.4) is 0 Å². The average molecular weight is 272 g/mol. The van der Waals surface area contributed by atoms with Crippen LogP contribution < -0.4 is 5.32 Å². The van der Waals surface area contributed by atoms with E-state index < -0.39 is 0 Å². The van der Waals surface area contributed by atoms with Crippen LogP contribution in [0.5, 0.6) is 0 Å². The lowest BCUT2D eigenvalue weighted by atomic mass is 9.97. The fourth-order valence-electron chi connectivity index (χ4n) is 2.73. The summed E-state index contributed by atoms with van der Waals surface area (Å²) in [5.41, 5.74) is 1.45. The summed E-state index contributed by atoms with van der Waals surface area (Å²) in [6.07, 6.45) is 6.43. The van der Waals surface area contributed by atoms with Crippen molar-refractivity contribution in [2.24, 2.45) is 0 Å². The second-order valence-corrected chi connectivity index (χ2v) is 5.88. The highest BCUT2D eigenvalue weighted by Crippen LogP contribution is 2.22. The summed E-state index contributed by atoms with van der Waals surface area (Å²) >= 11 is 0. The molecule has 5 heteroatoms. The molecule has 106 valence electrons. The van der Waals surface area contributed by atoms with Crippen LogP contribution in [-0.2, 0) is 0 Å². The van der Waals surface area contributed by atoms with Crippen LogP contribution in [0, 0.1) is 0 Å². The number of aromatic nitrogens is 2. The first-order chi connectivity index (χ1) is 9.58. The van der Waals surface area contributed by atoms with Crippen molar-refractivity contribution in [3.8, 4) is 0 Å². The smallest absolute Gasteiger partial charge is 0.255 e. The van der Waals surface area contributed by atoms with Crippen LogP contribution in [0.4, 0.5) is 0 Å². The van der Waals surface area contributed by atoms with Gasteiger partial charge in [0.05, 0.1) is 5.56 Å². The van der Waals surface area contributed by atoms with Gasteiger partial charge in [-0.05, 0) is 38.9 Å². The van der Waals surface area contributed by atoms with Crippen molar-refractivity contribution in [2.45, 2.75) is 25.8 Å². The van der Waals surface area contributed by atoms with Crippen molar-refractivity contribution in [1.29, 1.82) is 0 Å². The minimum absolute atomic E-state index is 0.0919. The highest BCUT2D eigenvalue weighted by atomic mass is 16.2. The van der Waals surface area contributed by atoms with Crippen molar-refractivity contribution < 1.29 is 4.79 Å². The lowest BCUT2D eigenvalue weighted by molar-refractivity contribution is 0.0568. The summed E-state index contributed by atoms with van der Waals surface area (Å²) < 4.78 is 1.89. The van der Waals surface area contributed by atoms with E-state index in [1.807, 2.05) is 33.8 Å². The molecule has 3 rings (SSSR count). The third-order valence-corrected chi connectivity index (χ3v) is 4.04. The van der Waals surface area contributed by atoms with Gasteiger partial charge in [0, 0.05) is 37.2 Å². The maximum atomic E-state index is 12.8. The number of imidazole rings is 1. The molecule has 2 aromatic heterocycles. The standard InChI is InChI=1S/C15H20N4O/c1-15(2)5-6-16-7-10-19(15)14(20)12-3-4-13-17-8-9-18(13)11-12/h3-4,8-9,11,16H,5-7,10H2,1-2H3. The largest absolute Gasteiger partial charge is 0.332 e. The maximum Gasteiger partial charge on any atom is 0.255 e. The number of amides is 1. The van der Waals surface area contributed by atoms with E-state index in [4.69, 9.17) is 0 Å². The molecule has 0 radical (unpaired) electrons. The van der Waals surface area contributed by atoms with Crippen molar-refractivity contribution in [2.75, 3.05) is 19.6 Å². The van der Waals surface area contributed by atoms with Crippen LogP contribution in [0.2, 0.25) is 0 Å². The van der Waals surface area contributed by atoms with Crippen molar-refractivity contribution in [3.63, 3.8) is 0 Å². The van der Waals surface area contributed by atoms with E-state index in [1.54, 1.807) is 6.20 Å². The predicted molar refractivity (Wildman–Crippen MR) is 77.8 cm³/mol. The molecule has 0 aromatic carbocycles. The molecule has 0 unspecified atom stereocenters. The topological polar surface area (TPSA) is 49.6 Å². The molecule has 2 aromatic rings. The number of carbonyl (C=O) groups is 1. The molecule has 20 heavy (non-hydrogen) atoms. The Morgan fingerprint density at radius 2 is 2.20 bits per heavy atom. The number of pyridine rings is 1. The van der Waals surface area contributed by atoms with E-state index in [0.717, 1.165) is 31.7 Å². The number of nitrogens with zero attached hydrogens (tertiary/aromatic N) is 3. The van der Waals surface area contributed by atoms with Crippen LogP contribution >= 0.6 is 0 Å². The Kier molecular flexibility index (Phi) is 3.22. The second kappa shape index (κ2) is 4.90. The monoisotopic (exact) mass is 272 g/mol. The number of rotatable bonds is 1. The maximum absolute atomic E-state index is 12.8. The van der Waals surface area contributed by atoms with Gasteiger partial charge in [0.2, 0.25) is 0 Å². The van der Waals surface area contributed by atoms with Crippen molar-refractivity contribution in [1.82, 2.24) is 19.6 Å². The molecule has 0 bridgehead atoms. The zero-order valence-corrected chi connectivity index (χ0v) is 12.0. The lowest BCUT2D eigenvalue weighted by Gasteiger charge is -2.37. The highest BCUT2D eigenvalue weighted by Gasteiger charge is 2.32. The minimum Gasteiger partial charge on any atom is -0.332 e. The molecular formula is C15H20N4O. The molecule has 5 nitrogen and oxygen atoms in total. The number of fused-ring (bicyclic) bond motifs is 1. The van der Waals surface area contributed by atoms with Gasteiger partial charge in [0.25, 0.3) is 5.91 Å².